The molecule has 3 unspecified atom stereocenters. The van der Waals surface area contributed by atoms with Crippen molar-refractivity contribution in [3.05, 3.63) is 0 Å². The number of carbonyl (C=O) groups excluding carboxylic acids is 1. The largest absolute Gasteiger partial charge is 0.384 e. The Morgan fingerprint density at radius 3 is 2.85 bits per heavy atom. The third kappa shape index (κ3) is 4.72. The van der Waals surface area contributed by atoms with Crippen LogP contribution in [-0.4, -0.2) is 55.7 Å². The van der Waals surface area contributed by atoms with E-state index in [0.29, 0.717) is 12.0 Å². The third-order valence-electron chi connectivity index (χ3n) is 4.36. The van der Waals surface area contributed by atoms with E-state index in [1.54, 1.807) is 7.11 Å². The van der Waals surface area contributed by atoms with Gasteiger partial charge in [0.05, 0.1) is 12.1 Å². The van der Waals surface area contributed by atoms with Crippen LogP contribution in [0.2, 0.25) is 0 Å². The molecule has 1 fully saturated rings. The minimum Gasteiger partial charge on any atom is -0.384 e. The number of nitrogens with one attached hydrogen (secondary N) is 1. The van der Waals surface area contributed by atoms with E-state index in [-0.39, 0.29) is 5.91 Å². The van der Waals surface area contributed by atoms with Gasteiger partial charge in [-0.3, -0.25) is 4.79 Å². The average Bonchev–Trinajstić information content (AvgIpc) is 2.85. The molecule has 0 aliphatic carbocycles. The van der Waals surface area contributed by atoms with Crippen molar-refractivity contribution in [3.8, 4) is 0 Å². The highest BCUT2D eigenvalue weighted by Crippen LogP contribution is 2.23. The van der Waals surface area contributed by atoms with Crippen LogP contribution in [0.4, 0.5) is 0 Å². The van der Waals surface area contributed by atoms with Crippen molar-refractivity contribution in [1.29, 1.82) is 0 Å². The summed E-state index contributed by atoms with van der Waals surface area (Å²) in [6, 6.07) is 0.346. The van der Waals surface area contributed by atoms with Gasteiger partial charge in [-0.05, 0) is 52.1 Å². The molecule has 0 aromatic carbocycles. The van der Waals surface area contributed by atoms with Crippen LogP contribution in [0.5, 0.6) is 0 Å². The zero-order valence-electron chi connectivity index (χ0n) is 13.4. The number of primary amides is 1. The van der Waals surface area contributed by atoms with Gasteiger partial charge in [0, 0.05) is 19.7 Å². The second kappa shape index (κ2) is 7.96. The van der Waals surface area contributed by atoms with Gasteiger partial charge in [-0.1, -0.05) is 6.92 Å². The zero-order valence-corrected chi connectivity index (χ0v) is 13.4. The molecule has 20 heavy (non-hydrogen) atoms. The van der Waals surface area contributed by atoms with Crippen LogP contribution in [-0.2, 0) is 9.53 Å². The third-order valence-corrected chi connectivity index (χ3v) is 4.36. The first-order valence-corrected chi connectivity index (χ1v) is 7.70. The van der Waals surface area contributed by atoms with E-state index in [0.717, 1.165) is 39.1 Å². The summed E-state index contributed by atoms with van der Waals surface area (Å²) in [4.78, 5) is 14.2. The Morgan fingerprint density at radius 1 is 1.60 bits per heavy atom. The van der Waals surface area contributed by atoms with Gasteiger partial charge < -0.3 is 20.7 Å². The van der Waals surface area contributed by atoms with Crippen LogP contribution in [0.1, 0.15) is 40.0 Å². The molecule has 1 rings (SSSR count). The second-order valence-electron chi connectivity index (χ2n) is 6.28. The monoisotopic (exact) mass is 285 g/mol. The molecular weight excluding hydrogens is 254 g/mol. The summed E-state index contributed by atoms with van der Waals surface area (Å²) in [5, 5.41) is 3.31. The van der Waals surface area contributed by atoms with Crippen LogP contribution in [0.3, 0.4) is 0 Å². The molecule has 1 amide bonds. The molecule has 0 spiro atoms. The SMILES string of the molecule is CCCNC(C)(CC(C)N1CCC(COC)C1)C(N)=O. The zero-order chi connectivity index (χ0) is 15.2. The molecule has 0 aromatic heterocycles. The first-order chi connectivity index (χ1) is 9.42. The molecule has 1 aliphatic rings. The maximum atomic E-state index is 11.8. The number of amides is 1. The molecule has 5 nitrogen and oxygen atoms in total. The molecule has 0 bridgehead atoms. The standard InChI is InChI=1S/C15H31N3O2/c1-5-7-17-15(3,14(16)19)9-12(2)18-8-6-13(10-18)11-20-4/h12-13,17H,5-11H2,1-4H3,(H2,16,19). The molecule has 0 saturated carbocycles. The lowest BCUT2D eigenvalue weighted by Gasteiger charge is -2.34. The molecule has 1 aliphatic heterocycles. The molecule has 5 heteroatoms. The lowest BCUT2D eigenvalue weighted by atomic mass is 9.92. The van der Waals surface area contributed by atoms with E-state index in [4.69, 9.17) is 10.5 Å². The van der Waals surface area contributed by atoms with Crippen molar-refractivity contribution in [1.82, 2.24) is 10.2 Å². The Morgan fingerprint density at radius 2 is 2.30 bits per heavy atom. The number of nitrogens with zero attached hydrogens (tertiary/aromatic N) is 1. The van der Waals surface area contributed by atoms with E-state index in [1.165, 1.54) is 6.42 Å². The van der Waals surface area contributed by atoms with Gasteiger partial charge in [0.25, 0.3) is 0 Å². The maximum absolute atomic E-state index is 11.8. The molecule has 1 saturated heterocycles. The number of likely N-dealkylation sites (tertiary alicyclic amines) is 1. The number of hydrogen-bond donors (Lipinski definition) is 2. The number of nitrogens with two attached hydrogens (primary N) is 1. The summed E-state index contributed by atoms with van der Waals surface area (Å²) in [5.74, 6) is 0.358. The van der Waals surface area contributed by atoms with Crippen molar-refractivity contribution >= 4 is 5.91 Å². The predicted molar refractivity (Wildman–Crippen MR) is 81.5 cm³/mol. The summed E-state index contributed by atoms with van der Waals surface area (Å²) >= 11 is 0. The normalized spacial score (nSPS) is 24.5. The van der Waals surface area contributed by atoms with Crippen molar-refractivity contribution in [3.63, 3.8) is 0 Å². The second-order valence-corrected chi connectivity index (χ2v) is 6.28. The van der Waals surface area contributed by atoms with Gasteiger partial charge in [0.1, 0.15) is 0 Å². The predicted octanol–water partition coefficient (Wildman–Crippen LogP) is 0.977. The quantitative estimate of drug-likeness (QED) is 0.662. The number of hydrogen-bond acceptors (Lipinski definition) is 4. The van der Waals surface area contributed by atoms with Gasteiger partial charge in [0.15, 0.2) is 0 Å². The summed E-state index contributed by atoms with van der Waals surface area (Å²) < 4.78 is 5.23. The Kier molecular flexibility index (Phi) is 6.92. The average molecular weight is 285 g/mol. The maximum Gasteiger partial charge on any atom is 0.237 e. The molecule has 3 N–H and O–H groups in total. The first-order valence-electron chi connectivity index (χ1n) is 7.70. The number of carbonyl (C=O) groups is 1. The minimum absolute atomic E-state index is 0.259. The highest BCUT2D eigenvalue weighted by atomic mass is 16.5. The Hall–Kier alpha value is -0.650. The summed E-state index contributed by atoms with van der Waals surface area (Å²) in [5.41, 5.74) is 4.98. The van der Waals surface area contributed by atoms with E-state index in [2.05, 4.69) is 24.1 Å². The number of methoxy groups -OCH3 is 1. The molecule has 118 valence electrons. The van der Waals surface area contributed by atoms with Crippen LogP contribution < -0.4 is 11.1 Å². The number of ether oxygens (including phenoxy) is 1. The summed E-state index contributed by atoms with van der Waals surface area (Å²) in [6.45, 7) is 9.97. The molecular formula is C15H31N3O2. The molecule has 3 atom stereocenters. The van der Waals surface area contributed by atoms with E-state index in [1.807, 2.05) is 6.92 Å². The van der Waals surface area contributed by atoms with E-state index in [9.17, 15) is 4.79 Å². The topological polar surface area (TPSA) is 67.6 Å². The van der Waals surface area contributed by atoms with Crippen LogP contribution >= 0.6 is 0 Å². The van der Waals surface area contributed by atoms with Crippen molar-refractivity contribution in [2.24, 2.45) is 11.7 Å². The Bertz CT molecular complexity index is 311. The fourth-order valence-electron chi connectivity index (χ4n) is 3.02. The van der Waals surface area contributed by atoms with Gasteiger partial charge in [-0.15, -0.1) is 0 Å². The number of rotatable bonds is 9. The fraction of sp³-hybridized carbons (Fsp3) is 0.933. The molecule has 0 aromatic rings. The van der Waals surface area contributed by atoms with E-state index >= 15 is 0 Å². The van der Waals surface area contributed by atoms with Gasteiger partial charge in [-0.2, -0.15) is 0 Å². The minimum atomic E-state index is -0.616. The highest BCUT2D eigenvalue weighted by Gasteiger charge is 2.35. The van der Waals surface area contributed by atoms with Crippen LogP contribution in [0, 0.1) is 5.92 Å². The summed E-state index contributed by atoms with van der Waals surface area (Å²) in [7, 11) is 1.75. The van der Waals surface area contributed by atoms with Crippen molar-refractivity contribution in [2.75, 3.05) is 33.4 Å². The fourth-order valence-corrected chi connectivity index (χ4v) is 3.02. The van der Waals surface area contributed by atoms with Crippen LogP contribution in [0.25, 0.3) is 0 Å². The Balaban J connectivity index is 2.54. The highest BCUT2D eigenvalue weighted by molar-refractivity contribution is 5.84. The molecule has 0 radical (unpaired) electrons. The summed E-state index contributed by atoms with van der Waals surface area (Å²) in [6.07, 6.45) is 2.92. The van der Waals surface area contributed by atoms with Crippen molar-refractivity contribution < 1.29 is 9.53 Å². The van der Waals surface area contributed by atoms with E-state index < -0.39 is 5.54 Å². The smallest absolute Gasteiger partial charge is 0.237 e. The van der Waals surface area contributed by atoms with Gasteiger partial charge in [0.2, 0.25) is 5.91 Å². The Labute approximate surface area is 123 Å². The van der Waals surface area contributed by atoms with Gasteiger partial charge in [-0.25, -0.2) is 0 Å². The lowest BCUT2D eigenvalue weighted by Crippen LogP contribution is -2.56. The van der Waals surface area contributed by atoms with Crippen molar-refractivity contribution in [2.45, 2.75) is 51.6 Å². The van der Waals surface area contributed by atoms with Gasteiger partial charge >= 0.3 is 0 Å². The lowest BCUT2D eigenvalue weighted by molar-refractivity contribution is -0.124. The van der Waals surface area contributed by atoms with Crippen LogP contribution in [0.15, 0.2) is 0 Å². The molecule has 1 heterocycles. The first kappa shape index (κ1) is 17.4.